The van der Waals surface area contributed by atoms with E-state index in [2.05, 4.69) is 5.32 Å². The fourth-order valence-electron chi connectivity index (χ4n) is 1.57. The Morgan fingerprint density at radius 2 is 2.12 bits per heavy atom. The molecule has 1 atom stereocenters. The van der Waals surface area contributed by atoms with Crippen LogP contribution in [0.15, 0.2) is 0 Å². The second-order valence-corrected chi connectivity index (χ2v) is 4.64. The number of carbonyl (C=O) groups excluding carboxylic acids is 2. The van der Waals surface area contributed by atoms with E-state index < -0.39 is 11.6 Å². The van der Waals surface area contributed by atoms with Crippen molar-refractivity contribution in [2.75, 3.05) is 18.8 Å². The minimum Gasteiger partial charge on any atom is -0.305 e. The highest BCUT2D eigenvalue weighted by molar-refractivity contribution is 8.00. The van der Waals surface area contributed by atoms with Crippen molar-refractivity contribution in [3.8, 4) is 0 Å². The number of alkyl halides is 3. The Hall–Kier alpha value is -0.760. The SMILES string of the molecule is CCN1C(=O)CC(NCCSC(F)(F)F)C1=O. The molecule has 1 aliphatic rings. The molecule has 1 fully saturated rings. The first-order valence-corrected chi connectivity index (χ1v) is 6.12. The minimum atomic E-state index is -4.26. The molecular formula is C9H13F3N2O2S. The number of amides is 2. The second kappa shape index (κ2) is 5.72. The van der Waals surface area contributed by atoms with Gasteiger partial charge in [-0.3, -0.25) is 14.5 Å². The lowest BCUT2D eigenvalue weighted by Crippen LogP contribution is -2.39. The van der Waals surface area contributed by atoms with Gasteiger partial charge in [-0.25, -0.2) is 0 Å². The number of hydrogen-bond acceptors (Lipinski definition) is 4. The van der Waals surface area contributed by atoms with Gasteiger partial charge in [0.05, 0.1) is 12.5 Å². The first-order chi connectivity index (χ1) is 7.85. The molecule has 1 heterocycles. The minimum absolute atomic E-state index is 0.0311. The average molecular weight is 270 g/mol. The molecular weight excluding hydrogens is 257 g/mol. The summed E-state index contributed by atoms with van der Waals surface area (Å²) < 4.78 is 35.5. The van der Waals surface area contributed by atoms with Gasteiger partial charge in [0.25, 0.3) is 0 Å². The maximum Gasteiger partial charge on any atom is 0.441 e. The Kier molecular flexibility index (Phi) is 4.81. The lowest BCUT2D eigenvalue weighted by Gasteiger charge is -2.13. The molecule has 0 bridgehead atoms. The lowest BCUT2D eigenvalue weighted by atomic mass is 10.2. The summed E-state index contributed by atoms with van der Waals surface area (Å²) in [4.78, 5) is 24.0. The van der Waals surface area contributed by atoms with Crippen LogP contribution < -0.4 is 5.32 Å². The third-order valence-corrected chi connectivity index (χ3v) is 3.05. The predicted octanol–water partition coefficient (Wildman–Crippen LogP) is 0.976. The largest absolute Gasteiger partial charge is 0.441 e. The Morgan fingerprint density at radius 3 is 2.59 bits per heavy atom. The normalized spacial score (nSPS) is 21.4. The number of halogens is 3. The predicted molar refractivity (Wildman–Crippen MR) is 57.3 cm³/mol. The van der Waals surface area contributed by atoms with Gasteiger partial charge in [-0.15, -0.1) is 0 Å². The molecule has 1 aliphatic heterocycles. The molecule has 17 heavy (non-hydrogen) atoms. The Labute approximate surface area is 101 Å². The molecule has 0 spiro atoms. The zero-order chi connectivity index (χ0) is 13.1. The molecule has 1 unspecified atom stereocenters. The van der Waals surface area contributed by atoms with Crippen LogP contribution >= 0.6 is 11.8 Å². The van der Waals surface area contributed by atoms with E-state index >= 15 is 0 Å². The van der Waals surface area contributed by atoms with Gasteiger partial charge in [-0.1, -0.05) is 0 Å². The molecule has 0 saturated carbocycles. The standard InChI is InChI=1S/C9H13F3N2O2S/c1-2-14-7(15)5-6(8(14)16)13-3-4-17-9(10,11)12/h6,13H,2-5H2,1H3. The van der Waals surface area contributed by atoms with Gasteiger partial charge in [-0.05, 0) is 18.7 Å². The van der Waals surface area contributed by atoms with Crippen molar-refractivity contribution in [2.24, 2.45) is 0 Å². The van der Waals surface area contributed by atoms with Gasteiger partial charge in [0.15, 0.2) is 0 Å². The summed E-state index contributed by atoms with van der Waals surface area (Å²) in [6, 6.07) is -0.670. The van der Waals surface area contributed by atoms with Crippen molar-refractivity contribution in [3.05, 3.63) is 0 Å². The molecule has 0 aromatic heterocycles. The van der Waals surface area contributed by atoms with Gasteiger partial charge in [0.1, 0.15) is 0 Å². The van der Waals surface area contributed by atoms with Crippen LogP contribution in [0.3, 0.4) is 0 Å². The topological polar surface area (TPSA) is 49.4 Å². The Balaban J connectivity index is 2.30. The fourth-order valence-corrected chi connectivity index (χ4v) is 2.03. The van der Waals surface area contributed by atoms with Crippen LogP contribution in [-0.2, 0) is 9.59 Å². The molecule has 0 radical (unpaired) electrons. The summed E-state index contributed by atoms with van der Waals surface area (Å²) in [6.45, 7) is 2.02. The van der Waals surface area contributed by atoms with Gasteiger partial charge >= 0.3 is 5.51 Å². The summed E-state index contributed by atoms with van der Waals surface area (Å²) in [5.74, 6) is -0.805. The molecule has 8 heteroatoms. The van der Waals surface area contributed by atoms with Crippen LogP contribution in [0, 0.1) is 0 Å². The molecule has 1 N–H and O–H groups in total. The monoisotopic (exact) mass is 270 g/mol. The van der Waals surface area contributed by atoms with Crippen molar-refractivity contribution in [2.45, 2.75) is 24.9 Å². The van der Waals surface area contributed by atoms with Crippen LogP contribution in [0.25, 0.3) is 0 Å². The van der Waals surface area contributed by atoms with Gasteiger partial charge in [0, 0.05) is 18.8 Å². The highest BCUT2D eigenvalue weighted by Crippen LogP contribution is 2.29. The van der Waals surface area contributed by atoms with Crippen LogP contribution in [0.2, 0.25) is 0 Å². The molecule has 0 aromatic carbocycles. The number of likely N-dealkylation sites (tertiary alicyclic amines) is 1. The first kappa shape index (κ1) is 14.3. The van der Waals surface area contributed by atoms with Crippen molar-refractivity contribution in [1.82, 2.24) is 10.2 Å². The molecule has 0 aromatic rings. The van der Waals surface area contributed by atoms with Crippen LogP contribution in [0.1, 0.15) is 13.3 Å². The van der Waals surface area contributed by atoms with Crippen LogP contribution in [0.5, 0.6) is 0 Å². The maximum absolute atomic E-state index is 11.8. The average Bonchev–Trinajstić information content (AvgIpc) is 2.47. The smallest absolute Gasteiger partial charge is 0.305 e. The summed E-state index contributed by atoms with van der Waals surface area (Å²) >= 11 is -0.147. The van der Waals surface area contributed by atoms with E-state index in [1.165, 1.54) is 0 Å². The number of nitrogens with one attached hydrogen (secondary N) is 1. The van der Waals surface area contributed by atoms with Crippen molar-refractivity contribution < 1.29 is 22.8 Å². The third-order valence-electron chi connectivity index (χ3n) is 2.32. The van der Waals surface area contributed by atoms with Crippen LogP contribution in [-0.4, -0.2) is 47.1 Å². The van der Waals surface area contributed by atoms with Crippen molar-refractivity contribution in [1.29, 1.82) is 0 Å². The Morgan fingerprint density at radius 1 is 1.47 bits per heavy atom. The fraction of sp³-hybridized carbons (Fsp3) is 0.778. The number of thioether (sulfide) groups is 1. The zero-order valence-electron chi connectivity index (χ0n) is 9.21. The molecule has 98 valence electrons. The number of nitrogens with zero attached hydrogens (tertiary/aromatic N) is 1. The number of rotatable bonds is 5. The van der Waals surface area contributed by atoms with Gasteiger partial charge in [-0.2, -0.15) is 13.2 Å². The molecule has 0 aliphatic carbocycles. The Bertz CT molecular complexity index is 309. The molecule has 1 saturated heterocycles. The van der Waals surface area contributed by atoms with E-state index in [9.17, 15) is 22.8 Å². The third kappa shape index (κ3) is 4.19. The second-order valence-electron chi connectivity index (χ2n) is 3.48. The molecule has 4 nitrogen and oxygen atoms in total. The summed E-state index contributed by atoms with van der Waals surface area (Å²) in [6.07, 6.45) is 0.0311. The van der Waals surface area contributed by atoms with Crippen LogP contribution in [0.4, 0.5) is 13.2 Å². The summed E-state index contributed by atoms with van der Waals surface area (Å²) in [5, 5.41) is 2.67. The maximum atomic E-state index is 11.8. The summed E-state index contributed by atoms with van der Waals surface area (Å²) in [7, 11) is 0. The van der Waals surface area contributed by atoms with Crippen molar-refractivity contribution >= 4 is 23.6 Å². The van der Waals surface area contributed by atoms with E-state index in [0.29, 0.717) is 6.54 Å². The van der Waals surface area contributed by atoms with E-state index in [1.807, 2.05) is 0 Å². The van der Waals surface area contributed by atoms with E-state index in [4.69, 9.17) is 0 Å². The lowest BCUT2D eigenvalue weighted by molar-refractivity contribution is -0.138. The molecule has 1 rings (SSSR count). The van der Waals surface area contributed by atoms with E-state index in [0.717, 1.165) is 4.90 Å². The van der Waals surface area contributed by atoms with E-state index in [1.54, 1.807) is 6.92 Å². The number of imide groups is 1. The number of hydrogen-bond donors (Lipinski definition) is 1. The van der Waals surface area contributed by atoms with E-state index in [-0.39, 0.29) is 42.3 Å². The number of likely N-dealkylation sites (N-methyl/N-ethyl adjacent to an activating group) is 1. The highest BCUT2D eigenvalue weighted by Gasteiger charge is 2.37. The highest BCUT2D eigenvalue weighted by atomic mass is 32.2. The van der Waals surface area contributed by atoms with Crippen molar-refractivity contribution in [3.63, 3.8) is 0 Å². The first-order valence-electron chi connectivity index (χ1n) is 5.13. The summed E-state index contributed by atoms with van der Waals surface area (Å²) in [5.41, 5.74) is -4.26. The van der Waals surface area contributed by atoms with Gasteiger partial charge in [0.2, 0.25) is 11.8 Å². The number of carbonyl (C=O) groups is 2. The molecule has 2 amide bonds. The quantitative estimate of drug-likeness (QED) is 0.597. The zero-order valence-corrected chi connectivity index (χ0v) is 10.0. The van der Waals surface area contributed by atoms with Gasteiger partial charge < -0.3 is 5.32 Å².